The van der Waals surface area contributed by atoms with Crippen LogP contribution in [0.15, 0.2) is 10.2 Å². The molecule has 0 aromatic heterocycles. The topological polar surface area (TPSA) is 152 Å². The highest BCUT2D eigenvalue weighted by atomic mass is 16.7. The molecule has 0 spiro atoms. The standard InChI is InChI=1S/C8H14N6O5/c9-13-11-6-19-7-18-4-2-16-1-3-17-5-8(15)12-14-10/h1-7H2. The number of rotatable bonds is 12. The molecule has 19 heavy (non-hydrogen) atoms. The molecule has 0 saturated carbocycles. The molecule has 0 N–H and O–H groups in total. The minimum atomic E-state index is -0.678. The molecule has 0 heterocycles. The lowest BCUT2D eigenvalue weighted by atomic mass is 10.6. The van der Waals surface area contributed by atoms with Crippen LogP contribution in [0.3, 0.4) is 0 Å². The van der Waals surface area contributed by atoms with Crippen molar-refractivity contribution in [1.29, 1.82) is 0 Å². The van der Waals surface area contributed by atoms with Gasteiger partial charge in [-0.15, -0.1) is 0 Å². The van der Waals surface area contributed by atoms with Crippen molar-refractivity contribution in [2.24, 2.45) is 10.2 Å². The Morgan fingerprint density at radius 3 is 2.32 bits per heavy atom. The van der Waals surface area contributed by atoms with E-state index in [0.29, 0.717) is 13.2 Å². The molecule has 11 heteroatoms. The fraction of sp³-hybridized carbons (Fsp3) is 0.875. The van der Waals surface area contributed by atoms with Crippen LogP contribution in [-0.2, 0) is 23.7 Å². The third-order valence-corrected chi connectivity index (χ3v) is 1.50. The second kappa shape index (κ2) is 14.2. The van der Waals surface area contributed by atoms with Crippen LogP contribution in [0.25, 0.3) is 20.9 Å². The molecule has 0 aromatic rings. The summed E-state index contributed by atoms with van der Waals surface area (Å²) in [6, 6.07) is 0. The van der Waals surface area contributed by atoms with Crippen molar-refractivity contribution < 1.29 is 23.7 Å². The molecule has 0 aliphatic rings. The van der Waals surface area contributed by atoms with E-state index in [1.807, 2.05) is 0 Å². The normalized spacial score (nSPS) is 9.47. The van der Waals surface area contributed by atoms with E-state index < -0.39 is 5.91 Å². The molecule has 0 saturated heterocycles. The van der Waals surface area contributed by atoms with Gasteiger partial charge in [0.1, 0.15) is 20.1 Å². The molecular weight excluding hydrogens is 260 g/mol. The van der Waals surface area contributed by atoms with Crippen LogP contribution in [0.2, 0.25) is 0 Å². The number of carbonyl (C=O) groups excluding carboxylic acids is 1. The zero-order valence-corrected chi connectivity index (χ0v) is 10.2. The number of amides is 1. The number of nitrogens with zero attached hydrogens (tertiary/aromatic N) is 6. The lowest BCUT2D eigenvalue weighted by molar-refractivity contribution is -0.123. The Bertz CT molecular complexity index is 339. The highest BCUT2D eigenvalue weighted by Crippen LogP contribution is 1.84. The lowest BCUT2D eigenvalue weighted by Gasteiger charge is -2.05. The molecular formula is C8H14N6O5. The average molecular weight is 274 g/mol. The molecule has 0 rings (SSSR count). The number of ether oxygens (including phenoxy) is 4. The summed E-state index contributed by atoms with van der Waals surface area (Å²) in [4.78, 5) is 15.5. The molecule has 0 fully saturated rings. The van der Waals surface area contributed by atoms with Gasteiger partial charge in [0.25, 0.3) is 0 Å². The zero-order valence-electron chi connectivity index (χ0n) is 10.2. The summed E-state index contributed by atoms with van der Waals surface area (Å²) in [5.41, 5.74) is 15.9. The molecule has 106 valence electrons. The van der Waals surface area contributed by atoms with Crippen LogP contribution in [0.4, 0.5) is 0 Å². The van der Waals surface area contributed by atoms with E-state index in [0.717, 1.165) is 0 Å². The highest BCUT2D eigenvalue weighted by molar-refractivity contribution is 5.77. The van der Waals surface area contributed by atoms with Gasteiger partial charge in [0.15, 0.2) is 0 Å². The largest absolute Gasteiger partial charge is 0.377 e. The third-order valence-electron chi connectivity index (χ3n) is 1.50. The molecule has 11 nitrogen and oxygen atoms in total. The van der Waals surface area contributed by atoms with Crippen molar-refractivity contribution >= 4 is 5.91 Å². The predicted octanol–water partition coefficient (Wildman–Crippen LogP) is 1.11. The Labute approximate surface area is 108 Å². The van der Waals surface area contributed by atoms with E-state index in [1.165, 1.54) is 0 Å². The summed E-state index contributed by atoms with van der Waals surface area (Å²) in [7, 11) is 0. The summed E-state index contributed by atoms with van der Waals surface area (Å²) in [6.45, 7) is 0.806. The Morgan fingerprint density at radius 2 is 1.63 bits per heavy atom. The first-order valence-corrected chi connectivity index (χ1v) is 5.21. The van der Waals surface area contributed by atoms with Crippen LogP contribution in [0.5, 0.6) is 0 Å². The van der Waals surface area contributed by atoms with E-state index >= 15 is 0 Å². The summed E-state index contributed by atoms with van der Waals surface area (Å²) in [6.07, 6.45) is 0. The van der Waals surface area contributed by atoms with Gasteiger partial charge in [-0.1, -0.05) is 5.11 Å². The second-order valence-corrected chi connectivity index (χ2v) is 2.84. The number of hydrogen-bond acceptors (Lipinski definition) is 6. The second-order valence-electron chi connectivity index (χ2n) is 2.84. The van der Waals surface area contributed by atoms with Crippen LogP contribution in [-0.4, -0.2) is 52.5 Å². The van der Waals surface area contributed by atoms with E-state index in [2.05, 4.69) is 20.1 Å². The molecule has 0 unspecified atom stereocenters. The van der Waals surface area contributed by atoms with E-state index in [1.54, 1.807) is 0 Å². The molecule has 1 amide bonds. The first-order chi connectivity index (χ1) is 9.31. The van der Waals surface area contributed by atoms with Gasteiger partial charge >= 0.3 is 0 Å². The summed E-state index contributed by atoms with van der Waals surface area (Å²) < 4.78 is 19.7. The molecule has 0 bridgehead atoms. The number of carbonyl (C=O) groups is 1. The highest BCUT2D eigenvalue weighted by Gasteiger charge is 1.97. The smallest absolute Gasteiger partial charge is 0.244 e. The van der Waals surface area contributed by atoms with Gasteiger partial charge in [0.05, 0.1) is 26.4 Å². The summed E-state index contributed by atoms with van der Waals surface area (Å²) in [5.74, 6) is -0.678. The third kappa shape index (κ3) is 14.1. The van der Waals surface area contributed by atoms with Crippen LogP contribution in [0, 0.1) is 0 Å². The first-order valence-electron chi connectivity index (χ1n) is 5.21. The van der Waals surface area contributed by atoms with E-state index in [9.17, 15) is 4.79 Å². The van der Waals surface area contributed by atoms with Crippen LogP contribution < -0.4 is 0 Å². The first kappa shape index (κ1) is 17.1. The number of hydrogen-bond donors (Lipinski definition) is 0. The Hall–Kier alpha value is -1.87. The van der Waals surface area contributed by atoms with Gasteiger partial charge in [-0.3, -0.25) is 4.79 Å². The molecule has 0 aromatic carbocycles. The minimum Gasteiger partial charge on any atom is -0.377 e. The molecule has 0 atom stereocenters. The molecule has 0 aliphatic carbocycles. The summed E-state index contributed by atoms with van der Waals surface area (Å²) >= 11 is 0. The van der Waals surface area contributed by atoms with Crippen LogP contribution >= 0.6 is 0 Å². The van der Waals surface area contributed by atoms with Crippen molar-refractivity contribution in [3.05, 3.63) is 20.9 Å². The fourth-order valence-electron chi connectivity index (χ4n) is 0.798. The maximum absolute atomic E-state index is 10.7. The van der Waals surface area contributed by atoms with Crippen molar-refractivity contribution in [2.75, 3.05) is 46.6 Å². The van der Waals surface area contributed by atoms with Gasteiger partial charge in [0.2, 0.25) is 5.91 Å². The van der Waals surface area contributed by atoms with Crippen LogP contribution in [0.1, 0.15) is 0 Å². The monoisotopic (exact) mass is 274 g/mol. The van der Waals surface area contributed by atoms with Gasteiger partial charge in [-0.25, -0.2) is 0 Å². The maximum atomic E-state index is 10.7. The van der Waals surface area contributed by atoms with Gasteiger partial charge in [-0.2, -0.15) is 0 Å². The lowest BCUT2D eigenvalue weighted by Crippen LogP contribution is -2.13. The maximum Gasteiger partial charge on any atom is 0.244 e. The summed E-state index contributed by atoms with van der Waals surface area (Å²) in [5, 5.41) is 5.97. The Kier molecular flexibility index (Phi) is 12.8. The zero-order chi connectivity index (χ0) is 14.2. The van der Waals surface area contributed by atoms with Crippen molar-refractivity contribution in [3.8, 4) is 0 Å². The van der Waals surface area contributed by atoms with Gasteiger partial charge in [-0.05, 0) is 16.2 Å². The number of azide groups is 2. The SMILES string of the molecule is [N-]=[N+]=NCOCOCCOCCOCC(=O)N=[N+]=[N-]. The van der Waals surface area contributed by atoms with Gasteiger partial charge < -0.3 is 18.9 Å². The molecule has 0 radical (unpaired) electrons. The quantitative estimate of drug-likeness (QED) is 0.171. The van der Waals surface area contributed by atoms with Crippen molar-refractivity contribution in [2.45, 2.75) is 0 Å². The van der Waals surface area contributed by atoms with Crippen molar-refractivity contribution in [1.82, 2.24) is 0 Å². The Morgan fingerprint density at radius 1 is 0.947 bits per heavy atom. The van der Waals surface area contributed by atoms with Gasteiger partial charge in [0, 0.05) is 9.82 Å². The minimum absolute atomic E-state index is 0.0134. The van der Waals surface area contributed by atoms with E-state index in [4.69, 9.17) is 30.0 Å². The molecule has 0 aliphatic heterocycles. The average Bonchev–Trinajstić information content (AvgIpc) is 2.40. The fourth-order valence-corrected chi connectivity index (χ4v) is 0.798. The predicted molar refractivity (Wildman–Crippen MR) is 61.7 cm³/mol. The van der Waals surface area contributed by atoms with Crippen molar-refractivity contribution in [3.63, 3.8) is 0 Å². The van der Waals surface area contributed by atoms with E-state index in [-0.39, 0.29) is 33.3 Å². The Balaban J connectivity index is 3.12.